The molecular weight excluding hydrogens is 230 g/mol. The number of fused-ring (bicyclic) bond motifs is 1. The third kappa shape index (κ3) is 1.84. The molecule has 1 N–H and O–H groups in total. The predicted octanol–water partition coefficient (Wildman–Crippen LogP) is 2.62. The van der Waals surface area contributed by atoms with Crippen LogP contribution in [0.4, 0.5) is 5.69 Å². The van der Waals surface area contributed by atoms with Crippen LogP contribution in [-0.4, -0.2) is 18.9 Å². The van der Waals surface area contributed by atoms with Crippen LogP contribution in [0, 0.1) is 0 Å². The summed E-state index contributed by atoms with van der Waals surface area (Å²) >= 11 is 5.43. The van der Waals surface area contributed by atoms with E-state index in [1.807, 2.05) is 0 Å². The Bertz CT molecular complexity index is 521. The van der Waals surface area contributed by atoms with Crippen LogP contribution in [-0.2, 0) is 4.79 Å². The lowest BCUT2D eigenvalue weighted by molar-refractivity contribution is -0.113. The van der Waals surface area contributed by atoms with Crippen LogP contribution >= 0.6 is 11.6 Å². The zero-order valence-electron chi connectivity index (χ0n) is 8.62. The molecule has 2 aromatic rings. The van der Waals surface area contributed by atoms with Gasteiger partial charge in [-0.05, 0) is 18.2 Å². The third-order valence-corrected chi connectivity index (χ3v) is 2.44. The minimum Gasteiger partial charge on any atom is -0.493 e. The Kier molecular flexibility index (Phi) is 3.01. The van der Waals surface area contributed by atoms with Gasteiger partial charge in [-0.3, -0.25) is 4.79 Å². The first-order valence-corrected chi connectivity index (χ1v) is 5.19. The molecule has 0 bridgehead atoms. The molecule has 0 aliphatic carbocycles. The van der Waals surface area contributed by atoms with Crippen LogP contribution < -0.4 is 10.1 Å². The van der Waals surface area contributed by atoms with Gasteiger partial charge in [0.25, 0.3) is 0 Å². The number of rotatable bonds is 3. The summed E-state index contributed by atoms with van der Waals surface area (Å²) < 4.78 is 10.4. The van der Waals surface area contributed by atoms with Gasteiger partial charge in [-0.25, -0.2) is 0 Å². The summed E-state index contributed by atoms with van der Waals surface area (Å²) in [6, 6.07) is 5.25. The Labute approximate surface area is 97.1 Å². The van der Waals surface area contributed by atoms with Crippen molar-refractivity contribution in [2.45, 2.75) is 0 Å². The molecule has 1 amide bonds. The quantitative estimate of drug-likeness (QED) is 0.838. The summed E-state index contributed by atoms with van der Waals surface area (Å²) in [5.74, 6) is 0.295. The highest BCUT2D eigenvalue weighted by atomic mass is 35.5. The molecular formula is C11H10ClNO3. The second-order valence-electron chi connectivity index (χ2n) is 3.16. The fraction of sp³-hybridized carbons (Fsp3) is 0.182. The normalized spacial score (nSPS) is 10.4. The first-order chi connectivity index (χ1) is 7.76. The number of methoxy groups -OCH3 is 1. The Morgan fingerprint density at radius 1 is 1.50 bits per heavy atom. The maximum atomic E-state index is 11.2. The molecule has 2 rings (SSSR count). The number of anilines is 1. The third-order valence-electron chi connectivity index (χ3n) is 2.20. The van der Waals surface area contributed by atoms with E-state index in [9.17, 15) is 4.79 Å². The number of carbonyl (C=O) groups excluding carboxylic acids is 1. The Hall–Kier alpha value is -1.68. The Morgan fingerprint density at radius 3 is 3.00 bits per heavy atom. The van der Waals surface area contributed by atoms with Crippen molar-refractivity contribution in [3.63, 3.8) is 0 Å². The Balaban J connectivity index is 2.47. The van der Waals surface area contributed by atoms with E-state index >= 15 is 0 Å². The standard InChI is InChI=1S/C11H10ClNO3/c1-15-9-3-2-8(13-10(14)6-12)7-4-5-16-11(7)9/h2-5H,6H2,1H3,(H,13,14). The number of hydrogen-bond donors (Lipinski definition) is 1. The summed E-state index contributed by atoms with van der Waals surface area (Å²) in [7, 11) is 1.56. The van der Waals surface area contributed by atoms with E-state index < -0.39 is 0 Å². The van der Waals surface area contributed by atoms with Crippen molar-refractivity contribution >= 4 is 34.2 Å². The lowest BCUT2D eigenvalue weighted by Gasteiger charge is -2.06. The van der Waals surface area contributed by atoms with Gasteiger partial charge < -0.3 is 14.5 Å². The highest BCUT2D eigenvalue weighted by molar-refractivity contribution is 6.29. The molecule has 4 nitrogen and oxygen atoms in total. The maximum absolute atomic E-state index is 11.2. The van der Waals surface area contributed by atoms with Crippen molar-refractivity contribution in [2.24, 2.45) is 0 Å². The van der Waals surface area contributed by atoms with Gasteiger partial charge in [0.05, 0.1) is 19.1 Å². The molecule has 1 aromatic carbocycles. The van der Waals surface area contributed by atoms with Crippen LogP contribution in [0.5, 0.6) is 5.75 Å². The number of amides is 1. The van der Waals surface area contributed by atoms with Gasteiger partial charge >= 0.3 is 0 Å². The SMILES string of the molecule is COc1ccc(NC(=O)CCl)c2ccoc12. The number of nitrogens with one attached hydrogen (secondary N) is 1. The monoisotopic (exact) mass is 239 g/mol. The van der Waals surface area contributed by atoms with Crippen molar-refractivity contribution in [1.29, 1.82) is 0 Å². The highest BCUT2D eigenvalue weighted by Crippen LogP contribution is 2.32. The fourth-order valence-electron chi connectivity index (χ4n) is 1.49. The van der Waals surface area contributed by atoms with Gasteiger partial charge in [0.15, 0.2) is 11.3 Å². The average Bonchev–Trinajstić information content (AvgIpc) is 2.78. The van der Waals surface area contributed by atoms with E-state index in [0.717, 1.165) is 5.39 Å². The average molecular weight is 240 g/mol. The number of alkyl halides is 1. The molecule has 0 saturated carbocycles. The van der Waals surface area contributed by atoms with E-state index in [4.69, 9.17) is 20.8 Å². The molecule has 0 radical (unpaired) electrons. The van der Waals surface area contributed by atoms with Gasteiger partial charge in [-0.1, -0.05) is 0 Å². The lowest BCUT2D eigenvalue weighted by Crippen LogP contribution is -2.12. The minimum absolute atomic E-state index is 0.0780. The van der Waals surface area contributed by atoms with Gasteiger partial charge in [-0.15, -0.1) is 11.6 Å². The molecule has 84 valence electrons. The Morgan fingerprint density at radius 2 is 2.31 bits per heavy atom. The molecule has 0 aliphatic rings. The molecule has 1 aromatic heterocycles. The number of carbonyl (C=O) groups is 1. The molecule has 1 heterocycles. The molecule has 16 heavy (non-hydrogen) atoms. The zero-order valence-corrected chi connectivity index (χ0v) is 9.38. The van der Waals surface area contributed by atoms with E-state index in [1.165, 1.54) is 0 Å². The molecule has 0 unspecified atom stereocenters. The van der Waals surface area contributed by atoms with Crippen LogP contribution in [0.2, 0.25) is 0 Å². The zero-order chi connectivity index (χ0) is 11.5. The number of halogens is 1. The summed E-state index contributed by atoms with van der Waals surface area (Å²) in [6.07, 6.45) is 1.55. The van der Waals surface area contributed by atoms with Crippen LogP contribution in [0.1, 0.15) is 0 Å². The number of hydrogen-bond acceptors (Lipinski definition) is 3. The van der Waals surface area contributed by atoms with Gasteiger partial charge in [-0.2, -0.15) is 0 Å². The first kappa shape index (κ1) is 10.8. The van der Waals surface area contributed by atoms with Crippen molar-refractivity contribution in [1.82, 2.24) is 0 Å². The molecule has 0 spiro atoms. The molecule has 0 saturated heterocycles. The smallest absolute Gasteiger partial charge is 0.239 e. The summed E-state index contributed by atoms with van der Waals surface area (Å²) in [4.78, 5) is 11.2. The van der Waals surface area contributed by atoms with Gasteiger partial charge in [0, 0.05) is 5.39 Å². The topological polar surface area (TPSA) is 51.5 Å². The summed E-state index contributed by atoms with van der Waals surface area (Å²) in [5.41, 5.74) is 1.27. The van der Waals surface area contributed by atoms with Crippen molar-refractivity contribution in [3.05, 3.63) is 24.5 Å². The van der Waals surface area contributed by atoms with Crippen LogP contribution in [0.3, 0.4) is 0 Å². The molecule has 0 fully saturated rings. The number of ether oxygens (including phenoxy) is 1. The predicted molar refractivity (Wildman–Crippen MR) is 62.1 cm³/mol. The number of furan rings is 1. The molecule has 5 heteroatoms. The van der Waals surface area contributed by atoms with E-state index in [2.05, 4.69) is 5.32 Å². The fourth-order valence-corrected chi connectivity index (χ4v) is 1.56. The van der Waals surface area contributed by atoms with Crippen molar-refractivity contribution in [2.75, 3.05) is 18.3 Å². The minimum atomic E-state index is -0.255. The second kappa shape index (κ2) is 4.45. The first-order valence-electron chi connectivity index (χ1n) is 4.66. The molecule has 0 aliphatic heterocycles. The largest absolute Gasteiger partial charge is 0.493 e. The maximum Gasteiger partial charge on any atom is 0.239 e. The van der Waals surface area contributed by atoms with Crippen molar-refractivity contribution < 1.29 is 13.9 Å². The molecule has 0 atom stereocenters. The summed E-state index contributed by atoms with van der Waals surface area (Å²) in [5, 5.41) is 3.48. The summed E-state index contributed by atoms with van der Waals surface area (Å²) in [6.45, 7) is 0. The second-order valence-corrected chi connectivity index (χ2v) is 3.43. The van der Waals surface area contributed by atoms with Crippen LogP contribution in [0.15, 0.2) is 28.9 Å². The van der Waals surface area contributed by atoms with E-state index in [1.54, 1.807) is 31.6 Å². The lowest BCUT2D eigenvalue weighted by atomic mass is 10.2. The highest BCUT2D eigenvalue weighted by Gasteiger charge is 2.10. The van der Waals surface area contributed by atoms with Gasteiger partial charge in [0.2, 0.25) is 5.91 Å². The van der Waals surface area contributed by atoms with Crippen molar-refractivity contribution in [3.8, 4) is 5.75 Å². The van der Waals surface area contributed by atoms with E-state index in [0.29, 0.717) is 17.0 Å². The number of benzene rings is 1. The van der Waals surface area contributed by atoms with Gasteiger partial charge in [0.1, 0.15) is 5.88 Å². The van der Waals surface area contributed by atoms with Crippen LogP contribution in [0.25, 0.3) is 11.0 Å². The van der Waals surface area contributed by atoms with E-state index in [-0.39, 0.29) is 11.8 Å².